The fraction of sp³-hybridized carbons (Fsp3) is 0.600. The number of amidine groups is 2. The minimum Gasteiger partial charge on any atom is -0.387 e. The molecule has 7 rings (SSSR count). The molecule has 0 saturated carbocycles. The summed E-state index contributed by atoms with van der Waals surface area (Å²) in [6.07, 6.45) is -6.40. The molecule has 6 unspecified atom stereocenters. The van der Waals surface area contributed by atoms with Crippen LogP contribution >= 0.6 is 15.6 Å². The highest BCUT2D eigenvalue weighted by molar-refractivity contribution is 7.47. The maximum Gasteiger partial charge on any atom is 0.472 e. The number of rotatable bonds is 2. The number of carbonyl (C=O) groups is 2. The van der Waals surface area contributed by atoms with E-state index in [4.69, 9.17) is 33.0 Å². The molecular formula is C20H23N9O13P2. The Morgan fingerprint density at radius 3 is 2.43 bits per heavy atom. The normalized spacial score (nSPS) is 45.2. The molecule has 0 aromatic heterocycles. The van der Waals surface area contributed by atoms with Crippen molar-refractivity contribution in [3.8, 4) is 0 Å². The van der Waals surface area contributed by atoms with Crippen molar-refractivity contribution in [2.45, 2.75) is 61.5 Å². The molecule has 3 fully saturated rings. The van der Waals surface area contributed by atoms with Crippen LogP contribution in [0, 0.1) is 5.41 Å². The Morgan fingerprint density at radius 2 is 1.64 bits per heavy atom. The number of hydrogen-bond acceptors (Lipinski definition) is 17. The Bertz CT molecular complexity index is 1550. The highest BCUT2D eigenvalue weighted by Gasteiger charge is 2.55. The van der Waals surface area contributed by atoms with Crippen molar-refractivity contribution in [3.63, 3.8) is 0 Å². The summed E-state index contributed by atoms with van der Waals surface area (Å²) < 4.78 is 58.9. The van der Waals surface area contributed by atoms with E-state index in [2.05, 4.69) is 30.3 Å². The number of fused-ring (bicyclic) bond motifs is 5. The molecule has 0 spiro atoms. The summed E-state index contributed by atoms with van der Waals surface area (Å²) >= 11 is 0. The molecule has 0 aliphatic carbocycles. The van der Waals surface area contributed by atoms with E-state index in [-0.39, 0.29) is 18.1 Å². The topological polar surface area (TPSA) is 289 Å². The molecule has 24 heteroatoms. The highest BCUT2D eigenvalue weighted by Crippen LogP contribution is 2.52. The average molecular weight is 659 g/mol. The molecule has 2 bridgehead atoms. The Hall–Kier alpha value is -3.14. The van der Waals surface area contributed by atoms with Gasteiger partial charge >= 0.3 is 15.6 Å². The zero-order chi connectivity index (χ0) is 31.0. The van der Waals surface area contributed by atoms with E-state index in [9.17, 15) is 33.6 Å². The number of hydrogen-bond donors (Lipinski definition) is 5. The van der Waals surface area contributed by atoms with Gasteiger partial charge in [0.05, 0.1) is 25.9 Å². The van der Waals surface area contributed by atoms with Crippen LogP contribution in [0.2, 0.25) is 0 Å². The third-order valence-corrected chi connectivity index (χ3v) is 9.43. The zero-order valence-corrected chi connectivity index (χ0v) is 23.8. The van der Waals surface area contributed by atoms with Crippen LogP contribution in [0.3, 0.4) is 0 Å². The Balaban J connectivity index is 1.13. The molecule has 3 saturated heterocycles. The number of nitrogens with one attached hydrogen (secondary N) is 2. The van der Waals surface area contributed by atoms with E-state index in [0.29, 0.717) is 0 Å². The lowest BCUT2D eigenvalue weighted by Gasteiger charge is -2.31. The Labute approximate surface area is 245 Å². The van der Waals surface area contributed by atoms with Gasteiger partial charge in [0.15, 0.2) is 24.1 Å². The van der Waals surface area contributed by atoms with Gasteiger partial charge in [-0.3, -0.25) is 58.2 Å². The van der Waals surface area contributed by atoms with Crippen molar-refractivity contribution < 1.29 is 61.2 Å². The van der Waals surface area contributed by atoms with Gasteiger partial charge in [0, 0.05) is 6.42 Å². The number of nitrogens with zero attached hydrogens (tertiary/aromatic N) is 7. The summed E-state index contributed by atoms with van der Waals surface area (Å²) in [7, 11) is -9.94. The lowest BCUT2D eigenvalue weighted by Crippen LogP contribution is -2.53. The first kappa shape index (κ1) is 29.6. The number of aliphatic hydroxyl groups excluding tert-OH is 1. The first-order chi connectivity index (χ1) is 20.9. The van der Waals surface area contributed by atoms with Crippen LogP contribution in [0.15, 0.2) is 25.0 Å². The lowest BCUT2D eigenvalue weighted by atomic mass is 10.1. The van der Waals surface area contributed by atoms with Crippen molar-refractivity contribution >= 4 is 64.1 Å². The third-order valence-electron chi connectivity index (χ3n) is 7.43. The summed E-state index contributed by atoms with van der Waals surface area (Å²) in [5, 5.41) is 20.9. The first-order valence-electron chi connectivity index (χ1n) is 12.9. The monoisotopic (exact) mass is 659 g/mol. The lowest BCUT2D eigenvalue weighted by molar-refractivity contribution is -0.120. The van der Waals surface area contributed by atoms with Crippen molar-refractivity contribution in [2.75, 3.05) is 13.2 Å². The van der Waals surface area contributed by atoms with Gasteiger partial charge in [0.2, 0.25) is 5.96 Å². The molecule has 5 N–H and O–H groups in total. The molecule has 0 radical (unpaired) electrons. The van der Waals surface area contributed by atoms with Crippen LogP contribution in [0.4, 0.5) is 0 Å². The predicted molar refractivity (Wildman–Crippen MR) is 142 cm³/mol. The van der Waals surface area contributed by atoms with E-state index >= 15 is 0 Å². The molecule has 11 atom stereocenters. The molecule has 0 aromatic rings. The minimum absolute atomic E-state index is 0.0893. The van der Waals surface area contributed by atoms with Gasteiger partial charge in [-0.15, -0.1) is 0 Å². The molecule has 22 nitrogen and oxygen atoms in total. The van der Waals surface area contributed by atoms with Gasteiger partial charge in [0.1, 0.15) is 48.9 Å². The van der Waals surface area contributed by atoms with E-state index in [1.54, 1.807) is 0 Å². The van der Waals surface area contributed by atoms with E-state index in [1.807, 2.05) is 0 Å². The molecule has 7 aliphatic heterocycles. The highest BCUT2D eigenvalue weighted by atomic mass is 31.2. The second-order valence-corrected chi connectivity index (χ2v) is 13.0. The first-order valence-corrected chi connectivity index (χ1v) is 15.9. The molecule has 0 aromatic carbocycles. The van der Waals surface area contributed by atoms with Crippen LogP contribution in [0.5, 0.6) is 0 Å². The number of phosphoric ester groups is 2. The van der Waals surface area contributed by atoms with Gasteiger partial charge in [-0.2, -0.15) is 9.98 Å². The number of aliphatic hydroxyl groups is 1. The van der Waals surface area contributed by atoms with E-state index < -0.39 is 102 Å². The van der Waals surface area contributed by atoms with Gasteiger partial charge in [0.25, 0.3) is 11.8 Å². The summed E-state index contributed by atoms with van der Waals surface area (Å²) in [6, 6.07) is -2.15. The maximum atomic E-state index is 13.1. The van der Waals surface area contributed by atoms with Crippen molar-refractivity contribution in [2.24, 2.45) is 25.0 Å². The smallest absolute Gasteiger partial charge is 0.387 e. The third kappa shape index (κ3) is 5.26. The summed E-state index contributed by atoms with van der Waals surface area (Å²) in [6.45, 7) is -1.45. The standard InChI is InChI=1S/C20H23N9O13P2/c21-20-26-16-12(18(32)27-20)25-6-29(16)19-14-13(30)9(40-19)3-38-43(33,34)41-7-1-10(39-8(7)2-37-44(35,36)42-14)28-5-24-11-15(28)22-4-23-17(11)31/h4-14,19,30H,1-3H2,(H,33,34)(H,35,36)(H2,21,27,32)/t7?,8-,9-,10-,11?,12?,13?,14+,19-/m1/s1. The minimum atomic E-state index is -5.04. The van der Waals surface area contributed by atoms with E-state index in [1.165, 1.54) is 11.2 Å². The summed E-state index contributed by atoms with van der Waals surface area (Å²) in [5.41, 5.74) is 0. The largest absolute Gasteiger partial charge is 0.472 e. The van der Waals surface area contributed by atoms with Crippen LogP contribution in [0.25, 0.3) is 0 Å². The molecule has 236 valence electrons. The number of aliphatic imine (C=N–C) groups is 5. The number of amides is 2. The predicted octanol–water partition coefficient (Wildman–Crippen LogP) is -2.94. The second-order valence-electron chi connectivity index (χ2n) is 10.2. The van der Waals surface area contributed by atoms with E-state index in [0.717, 1.165) is 17.6 Å². The zero-order valence-electron chi connectivity index (χ0n) is 22.0. The number of phosphoric acid groups is 2. The van der Waals surface area contributed by atoms with Crippen LogP contribution in [0.1, 0.15) is 6.42 Å². The van der Waals surface area contributed by atoms with Gasteiger partial charge in [-0.1, -0.05) is 0 Å². The molecular weight excluding hydrogens is 636 g/mol. The Morgan fingerprint density at radius 1 is 0.932 bits per heavy atom. The molecule has 7 heterocycles. The van der Waals surface area contributed by atoms with Gasteiger partial charge < -0.3 is 24.4 Å². The number of guanidine groups is 1. The molecule has 7 aliphatic rings. The number of ether oxygens (including phenoxy) is 2. The van der Waals surface area contributed by atoms with Crippen LogP contribution in [-0.2, 0) is 46.3 Å². The SMILES string of the molecule is N=C1N=C2C(N=CN2[C@@H]2O[C@@H]3COP(=O)(O)OC4C[C@H](N5C=NC6C(=O)N=CN=C65)O[C@@H]4COP(=O)(O)O[C@H]2C3O)C(=O)N1. The average Bonchev–Trinajstić information content (AvgIpc) is 3.72. The van der Waals surface area contributed by atoms with Crippen LogP contribution in [-0.4, -0.2) is 141 Å². The molecule has 44 heavy (non-hydrogen) atoms. The van der Waals surface area contributed by atoms with Crippen molar-refractivity contribution in [1.82, 2.24) is 15.1 Å². The summed E-state index contributed by atoms with van der Waals surface area (Å²) in [5.74, 6) is -1.61. The van der Waals surface area contributed by atoms with Crippen LogP contribution < -0.4 is 5.32 Å². The second kappa shape index (κ2) is 10.7. The maximum absolute atomic E-state index is 13.1. The fourth-order valence-electron chi connectivity index (χ4n) is 5.43. The van der Waals surface area contributed by atoms with Gasteiger partial charge in [-0.25, -0.2) is 14.1 Å². The Kier molecular flexibility index (Phi) is 7.22. The fourth-order valence-corrected chi connectivity index (χ4v) is 7.33. The molecule has 2 amide bonds. The van der Waals surface area contributed by atoms with Crippen molar-refractivity contribution in [1.29, 1.82) is 5.41 Å². The van der Waals surface area contributed by atoms with Crippen molar-refractivity contribution in [3.05, 3.63) is 0 Å². The van der Waals surface area contributed by atoms with Gasteiger partial charge in [-0.05, 0) is 0 Å². The quantitative estimate of drug-likeness (QED) is 0.185. The summed E-state index contributed by atoms with van der Waals surface area (Å²) in [4.78, 5) is 67.7. The number of carbonyl (C=O) groups excluding carboxylic acids is 2.